The summed E-state index contributed by atoms with van der Waals surface area (Å²) in [5.41, 5.74) is 8.81. The summed E-state index contributed by atoms with van der Waals surface area (Å²) in [6, 6.07) is 13.3. The molecular formula is C51H81N3O3U+3. The van der Waals surface area contributed by atoms with E-state index >= 15 is 0 Å². The first-order chi connectivity index (χ1) is 25.8. The number of phenolic OH excluding ortho intramolecular Hbond substituents is 3. The van der Waals surface area contributed by atoms with E-state index in [1.54, 1.807) is 0 Å². The van der Waals surface area contributed by atoms with E-state index in [4.69, 9.17) is 0 Å². The molecule has 0 aliphatic carbocycles. The molecule has 319 valence electrons. The van der Waals surface area contributed by atoms with Crippen molar-refractivity contribution in [2.24, 2.45) is 0 Å². The fraction of sp³-hybridized carbons (Fsp3) is 0.647. The molecule has 6 nitrogen and oxygen atoms in total. The molecule has 0 aromatic heterocycles. The second-order valence-electron chi connectivity index (χ2n) is 23.4. The molecule has 0 spiro atoms. The maximum atomic E-state index is 11.8. The minimum Gasteiger partial charge on any atom is -0.507 e. The minimum atomic E-state index is -0.202. The van der Waals surface area contributed by atoms with Gasteiger partial charge in [0, 0.05) is 75.6 Å². The van der Waals surface area contributed by atoms with Crippen molar-refractivity contribution >= 4 is 0 Å². The number of nitrogens with zero attached hydrogens (tertiary/aromatic N) is 3. The second-order valence-corrected chi connectivity index (χ2v) is 23.4. The Hall–Kier alpha value is -2.01. The van der Waals surface area contributed by atoms with Gasteiger partial charge in [0.15, 0.2) is 0 Å². The third-order valence-corrected chi connectivity index (χ3v) is 12.0. The quantitative estimate of drug-likeness (QED) is 0.229. The van der Waals surface area contributed by atoms with Crippen molar-refractivity contribution in [1.29, 1.82) is 0 Å². The number of hydrogen-bond donors (Lipinski definition) is 3. The first-order valence-electron chi connectivity index (χ1n) is 21.5. The van der Waals surface area contributed by atoms with Crippen molar-refractivity contribution in [3.05, 3.63) is 86.5 Å². The van der Waals surface area contributed by atoms with Crippen LogP contribution < -0.4 is 0 Å². The molecule has 1 fully saturated rings. The Bertz CT molecular complexity index is 1640. The van der Waals surface area contributed by atoms with Crippen LogP contribution >= 0.6 is 0 Å². The Morgan fingerprint density at radius 3 is 0.690 bits per heavy atom. The van der Waals surface area contributed by atoms with Crippen LogP contribution in [-0.2, 0) is 52.1 Å². The minimum absolute atomic E-state index is 0. The zero-order valence-electron chi connectivity index (χ0n) is 40.0. The van der Waals surface area contributed by atoms with E-state index < -0.39 is 0 Å². The summed E-state index contributed by atoms with van der Waals surface area (Å²) in [6.45, 7) is 46.7. The molecule has 58 heavy (non-hydrogen) atoms. The molecule has 4 rings (SSSR count). The number of aromatic hydroxyl groups is 3. The zero-order chi connectivity index (χ0) is 43.3. The van der Waals surface area contributed by atoms with Crippen molar-refractivity contribution in [2.75, 3.05) is 39.3 Å². The van der Waals surface area contributed by atoms with Crippen molar-refractivity contribution in [1.82, 2.24) is 14.7 Å². The molecule has 3 aromatic rings. The molecule has 1 radical (unpaired) electrons. The molecule has 1 heterocycles. The molecule has 0 bridgehead atoms. The smallest absolute Gasteiger partial charge is 0.507 e. The molecule has 1 aliphatic rings. The summed E-state index contributed by atoms with van der Waals surface area (Å²) in [4.78, 5) is 7.49. The number of phenols is 3. The predicted molar refractivity (Wildman–Crippen MR) is 242 cm³/mol. The Balaban J connectivity index is 0.00000900. The van der Waals surface area contributed by atoms with Crippen LogP contribution in [0.5, 0.6) is 17.2 Å². The largest absolute Gasteiger partial charge is 3.00 e. The number of hydrogen-bond acceptors (Lipinski definition) is 6. The molecule has 7 heteroatoms. The van der Waals surface area contributed by atoms with E-state index in [-0.39, 0.29) is 63.6 Å². The van der Waals surface area contributed by atoms with Gasteiger partial charge < -0.3 is 15.3 Å². The van der Waals surface area contributed by atoms with Gasteiger partial charge in [0.1, 0.15) is 17.2 Å². The van der Waals surface area contributed by atoms with Crippen molar-refractivity contribution in [3.8, 4) is 17.2 Å². The van der Waals surface area contributed by atoms with Crippen LogP contribution in [-0.4, -0.2) is 69.3 Å². The van der Waals surface area contributed by atoms with Crippen molar-refractivity contribution in [3.63, 3.8) is 0 Å². The van der Waals surface area contributed by atoms with Crippen LogP contribution in [0.15, 0.2) is 36.4 Å². The summed E-state index contributed by atoms with van der Waals surface area (Å²) in [7, 11) is 0. The van der Waals surface area contributed by atoms with Gasteiger partial charge in [-0.05, 0) is 65.9 Å². The zero-order valence-corrected chi connectivity index (χ0v) is 44.2. The Morgan fingerprint density at radius 2 is 0.534 bits per heavy atom. The average Bonchev–Trinajstić information content (AvgIpc) is 3.11. The molecular weight excluding hydrogens is 941 g/mol. The van der Waals surface area contributed by atoms with Gasteiger partial charge in [0.25, 0.3) is 0 Å². The molecule has 3 aromatic carbocycles. The summed E-state index contributed by atoms with van der Waals surface area (Å²) >= 11 is 0. The van der Waals surface area contributed by atoms with E-state index in [2.05, 4.69) is 176 Å². The average molecular weight is 1020 g/mol. The Morgan fingerprint density at radius 1 is 0.345 bits per heavy atom. The van der Waals surface area contributed by atoms with Gasteiger partial charge in [-0.2, -0.15) is 0 Å². The fourth-order valence-corrected chi connectivity index (χ4v) is 7.84. The second kappa shape index (κ2) is 18.1. The molecule has 0 atom stereocenters. The van der Waals surface area contributed by atoms with E-state index in [0.717, 1.165) is 72.6 Å². The van der Waals surface area contributed by atoms with Crippen molar-refractivity contribution in [2.45, 2.75) is 177 Å². The van der Waals surface area contributed by atoms with Crippen LogP contribution in [0, 0.1) is 31.1 Å². The molecule has 0 amide bonds. The van der Waals surface area contributed by atoms with Crippen molar-refractivity contribution < 1.29 is 46.4 Å². The summed E-state index contributed by atoms with van der Waals surface area (Å²) in [5.74, 6) is 1.21. The van der Waals surface area contributed by atoms with Gasteiger partial charge in [0.2, 0.25) is 0 Å². The van der Waals surface area contributed by atoms with Gasteiger partial charge >= 0.3 is 31.1 Å². The summed E-state index contributed by atoms with van der Waals surface area (Å²) in [6.07, 6.45) is 0. The van der Waals surface area contributed by atoms with Gasteiger partial charge in [-0.1, -0.05) is 161 Å². The standard InChI is InChI=1S/C51H81N3O3.U/c1-46(2,3)37-25-34(43(55)40(28-37)49(10,11)12)31-52-19-21-53(32-35-26-38(47(4,5)6)29-41(44(35)56)50(13,14)15)23-24-54(22-20-52)33-36-27-39(48(7,8)9)30-42(45(36)57)51(16,17)18;/h25-30,55-57H,19-24,31-33H2,1-18H3;/q;+3. The fourth-order valence-electron chi connectivity index (χ4n) is 7.84. The first-order valence-corrected chi connectivity index (χ1v) is 21.5. The van der Waals surface area contributed by atoms with Crippen LogP contribution in [0.3, 0.4) is 0 Å². The van der Waals surface area contributed by atoms with E-state index in [9.17, 15) is 15.3 Å². The maximum absolute atomic E-state index is 11.8. The molecule has 1 saturated heterocycles. The van der Waals surface area contributed by atoms with E-state index in [1.807, 2.05) is 0 Å². The maximum Gasteiger partial charge on any atom is 3.00 e. The third-order valence-electron chi connectivity index (χ3n) is 12.0. The SMILES string of the molecule is CC(C)(C)c1cc(CN2CCN(Cc3cc(C(C)(C)C)cc(C(C)(C)C)c3O)CCN(Cc3cc(C(C)(C)C)cc(C(C)(C)C)c3O)CC2)c(O)c(C(C)(C)C)c1.[U+3]. The van der Waals surface area contributed by atoms with E-state index in [0.29, 0.717) is 36.9 Å². The van der Waals surface area contributed by atoms with Crippen LogP contribution in [0.1, 0.15) is 175 Å². The monoisotopic (exact) mass is 1020 g/mol. The predicted octanol–water partition coefficient (Wildman–Crippen LogP) is 11.4. The van der Waals surface area contributed by atoms with Gasteiger partial charge in [-0.25, -0.2) is 0 Å². The normalized spacial score (nSPS) is 16.4. The Kier molecular flexibility index (Phi) is 15.8. The van der Waals surface area contributed by atoms with Gasteiger partial charge in [-0.3, -0.25) is 14.7 Å². The van der Waals surface area contributed by atoms with E-state index in [1.165, 1.54) is 16.7 Å². The topological polar surface area (TPSA) is 70.4 Å². The van der Waals surface area contributed by atoms with Crippen LogP contribution in [0.4, 0.5) is 0 Å². The Labute approximate surface area is 378 Å². The molecule has 1 aliphatic heterocycles. The number of benzene rings is 3. The molecule has 0 unspecified atom stereocenters. The third kappa shape index (κ3) is 12.8. The van der Waals surface area contributed by atoms with Crippen LogP contribution in [0.25, 0.3) is 0 Å². The molecule has 0 saturated carbocycles. The summed E-state index contributed by atoms with van der Waals surface area (Å²) < 4.78 is 0. The first kappa shape index (κ1) is 50.3. The van der Waals surface area contributed by atoms with Crippen LogP contribution in [0.2, 0.25) is 0 Å². The van der Waals surface area contributed by atoms with Gasteiger partial charge in [-0.15, -0.1) is 0 Å². The summed E-state index contributed by atoms with van der Waals surface area (Å²) in [5, 5.41) is 35.5. The van der Waals surface area contributed by atoms with Gasteiger partial charge in [0.05, 0.1) is 0 Å². The number of rotatable bonds is 6. The molecule has 3 N–H and O–H groups in total.